The van der Waals surface area contributed by atoms with E-state index >= 15 is 0 Å². The molecule has 0 aromatic heterocycles. The van der Waals surface area contributed by atoms with Crippen molar-refractivity contribution in [2.75, 3.05) is 4.90 Å². The monoisotopic (exact) mass is 715 g/mol. The van der Waals surface area contributed by atoms with Gasteiger partial charge in [0, 0.05) is 22.4 Å². The number of hydrogen-bond donors (Lipinski definition) is 0. The van der Waals surface area contributed by atoms with Crippen LogP contribution in [0.1, 0.15) is 25.0 Å². The first-order valence-corrected chi connectivity index (χ1v) is 19.5. The molecule has 1 aliphatic rings. The van der Waals surface area contributed by atoms with Crippen LogP contribution in [0.4, 0.5) is 17.1 Å². The maximum Gasteiger partial charge on any atom is 0.0540 e. The molecule has 0 aliphatic heterocycles. The lowest BCUT2D eigenvalue weighted by atomic mass is 9.79. The van der Waals surface area contributed by atoms with Gasteiger partial charge in [-0.1, -0.05) is 190 Å². The number of fused-ring (bicyclic) bond motifs is 5. The molecule has 0 N–H and O–H groups in total. The van der Waals surface area contributed by atoms with Crippen LogP contribution in [0.15, 0.2) is 212 Å². The van der Waals surface area contributed by atoms with Crippen molar-refractivity contribution in [2.45, 2.75) is 19.3 Å². The molecule has 1 heteroatoms. The Balaban J connectivity index is 1.18. The summed E-state index contributed by atoms with van der Waals surface area (Å²) in [5.41, 5.74) is 18.3. The maximum absolute atomic E-state index is 2.45. The Labute approximate surface area is 329 Å². The van der Waals surface area contributed by atoms with E-state index in [1.807, 2.05) is 0 Å². The second kappa shape index (κ2) is 13.7. The summed E-state index contributed by atoms with van der Waals surface area (Å²) in [5.74, 6) is 0. The van der Waals surface area contributed by atoms with E-state index in [1.54, 1.807) is 0 Å². The van der Waals surface area contributed by atoms with Crippen LogP contribution >= 0.6 is 0 Å². The van der Waals surface area contributed by atoms with Crippen LogP contribution in [0.2, 0.25) is 0 Å². The molecule has 0 amide bonds. The summed E-state index contributed by atoms with van der Waals surface area (Å²) in [5, 5.41) is 2.60. The topological polar surface area (TPSA) is 3.24 Å². The highest BCUT2D eigenvalue weighted by Gasteiger charge is 2.39. The lowest BCUT2D eigenvalue weighted by Crippen LogP contribution is -2.16. The zero-order valence-electron chi connectivity index (χ0n) is 31.7. The third-order valence-electron chi connectivity index (χ3n) is 11.6. The van der Waals surface area contributed by atoms with Gasteiger partial charge in [0.2, 0.25) is 0 Å². The molecular formula is C55H41N. The van der Waals surface area contributed by atoms with Crippen molar-refractivity contribution in [1.82, 2.24) is 0 Å². The lowest BCUT2D eigenvalue weighted by molar-refractivity contribution is 0.666. The van der Waals surface area contributed by atoms with E-state index in [4.69, 9.17) is 0 Å². The van der Waals surface area contributed by atoms with Crippen molar-refractivity contribution in [3.05, 3.63) is 223 Å². The van der Waals surface area contributed by atoms with E-state index < -0.39 is 0 Å². The first-order chi connectivity index (χ1) is 27.5. The van der Waals surface area contributed by atoms with Gasteiger partial charge in [0.25, 0.3) is 0 Å². The summed E-state index contributed by atoms with van der Waals surface area (Å²) < 4.78 is 0. The average Bonchev–Trinajstić information content (AvgIpc) is 3.51. The second-order valence-corrected chi connectivity index (χ2v) is 15.3. The fourth-order valence-corrected chi connectivity index (χ4v) is 8.93. The van der Waals surface area contributed by atoms with Crippen molar-refractivity contribution in [3.63, 3.8) is 0 Å². The molecule has 0 atom stereocenters. The highest BCUT2D eigenvalue weighted by molar-refractivity contribution is 6.05. The minimum atomic E-state index is -0.186. The van der Waals surface area contributed by atoms with E-state index in [0.717, 1.165) is 17.1 Å². The fourth-order valence-electron chi connectivity index (χ4n) is 8.93. The van der Waals surface area contributed by atoms with E-state index in [9.17, 15) is 0 Å². The molecule has 0 spiro atoms. The van der Waals surface area contributed by atoms with Gasteiger partial charge in [-0.25, -0.2) is 0 Å². The zero-order chi connectivity index (χ0) is 37.6. The second-order valence-electron chi connectivity index (χ2n) is 15.3. The molecule has 1 nitrogen and oxygen atoms in total. The van der Waals surface area contributed by atoms with Crippen LogP contribution in [-0.4, -0.2) is 0 Å². The van der Waals surface area contributed by atoms with Crippen LogP contribution in [0.25, 0.3) is 66.4 Å². The van der Waals surface area contributed by atoms with Crippen molar-refractivity contribution in [3.8, 4) is 55.6 Å². The first kappa shape index (κ1) is 33.6. The minimum Gasteiger partial charge on any atom is -0.310 e. The van der Waals surface area contributed by atoms with Crippen molar-refractivity contribution < 1.29 is 0 Å². The Bertz CT molecular complexity index is 2840. The number of nitrogens with zero attached hydrogens (tertiary/aromatic N) is 1. The third-order valence-corrected chi connectivity index (χ3v) is 11.6. The van der Waals surface area contributed by atoms with Gasteiger partial charge in [0.1, 0.15) is 0 Å². The van der Waals surface area contributed by atoms with E-state index in [0.29, 0.717) is 0 Å². The summed E-state index contributed by atoms with van der Waals surface area (Å²) in [6.45, 7) is 4.79. The maximum atomic E-state index is 2.45. The Hall–Kier alpha value is -6.96. The Kier molecular flexibility index (Phi) is 8.23. The van der Waals surface area contributed by atoms with Gasteiger partial charge < -0.3 is 4.90 Å². The molecule has 10 rings (SSSR count). The molecule has 0 saturated heterocycles. The lowest BCUT2D eigenvalue weighted by Gasteiger charge is -2.29. The number of anilines is 3. The fraction of sp³-hybridized carbons (Fsp3) is 0.0545. The summed E-state index contributed by atoms with van der Waals surface area (Å²) in [6.07, 6.45) is 0. The molecule has 9 aromatic rings. The molecule has 0 radical (unpaired) electrons. The van der Waals surface area contributed by atoms with Gasteiger partial charge in [-0.3, -0.25) is 0 Å². The molecule has 56 heavy (non-hydrogen) atoms. The Morgan fingerprint density at radius 3 is 1.50 bits per heavy atom. The quantitative estimate of drug-likeness (QED) is 0.159. The van der Waals surface area contributed by atoms with E-state index in [2.05, 4.69) is 231 Å². The summed E-state index contributed by atoms with van der Waals surface area (Å²) >= 11 is 0. The molecule has 0 unspecified atom stereocenters. The van der Waals surface area contributed by atoms with Gasteiger partial charge >= 0.3 is 0 Å². The highest BCUT2D eigenvalue weighted by atomic mass is 15.1. The van der Waals surface area contributed by atoms with Gasteiger partial charge in [-0.2, -0.15) is 0 Å². The Morgan fingerprint density at radius 2 is 0.839 bits per heavy atom. The van der Waals surface area contributed by atoms with Crippen LogP contribution in [0, 0.1) is 0 Å². The van der Waals surface area contributed by atoms with Crippen molar-refractivity contribution >= 4 is 27.8 Å². The molecule has 0 bridgehead atoms. The summed E-state index contributed by atoms with van der Waals surface area (Å²) in [6, 6.07) is 77.5. The largest absolute Gasteiger partial charge is 0.310 e. The molecule has 0 fully saturated rings. The third kappa shape index (κ3) is 5.72. The smallest absolute Gasteiger partial charge is 0.0540 e. The predicted octanol–water partition coefficient (Wildman–Crippen LogP) is 15.3. The van der Waals surface area contributed by atoms with Crippen molar-refractivity contribution in [2.24, 2.45) is 0 Å². The predicted molar refractivity (Wildman–Crippen MR) is 238 cm³/mol. The number of para-hydroxylation sites is 1. The van der Waals surface area contributed by atoms with Crippen LogP contribution in [0.3, 0.4) is 0 Å². The first-order valence-electron chi connectivity index (χ1n) is 19.5. The molecule has 0 saturated carbocycles. The zero-order valence-corrected chi connectivity index (χ0v) is 31.7. The molecule has 9 aromatic carbocycles. The molecule has 266 valence electrons. The molecule has 1 aliphatic carbocycles. The number of benzene rings is 9. The van der Waals surface area contributed by atoms with Crippen LogP contribution in [0.5, 0.6) is 0 Å². The van der Waals surface area contributed by atoms with Crippen LogP contribution < -0.4 is 4.90 Å². The number of hydrogen-bond acceptors (Lipinski definition) is 1. The summed E-state index contributed by atoms with van der Waals surface area (Å²) in [7, 11) is 0. The minimum absolute atomic E-state index is 0.186. The number of rotatable bonds is 7. The Morgan fingerprint density at radius 1 is 0.357 bits per heavy atom. The average molecular weight is 716 g/mol. The van der Waals surface area contributed by atoms with Gasteiger partial charge in [0.15, 0.2) is 0 Å². The SMILES string of the molecule is CC1(C)c2ccc(N(c3ccc(-c4ccccc4)cc3)c3ccccc3-c3ccc(-c4ccccc4)cc3)cc2-c2c(-c3ccccc3)cc3ccccc3c21. The van der Waals surface area contributed by atoms with Gasteiger partial charge in [-0.15, -0.1) is 0 Å². The normalized spacial score (nSPS) is 12.6. The molecular weight excluding hydrogens is 675 g/mol. The highest BCUT2D eigenvalue weighted by Crippen LogP contribution is 2.56. The van der Waals surface area contributed by atoms with Crippen molar-refractivity contribution in [1.29, 1.82) is 0 Å². The van der Waals surface area contributed by atoms with E-state index in [1.165, 1.54) is 77.5 Å². The van der Waals surface area contributed by atoms with Crippen LogP contribution in [-0.2, 0) is 5.41 Å². The summed E-state index contributed by atoms with van der Waals surface area (Å²) in [4.78, 5) is 2.45. The molecule has 0 heterocycles. The van der Waals surface area contributed by atoms with E-state index in [-0.39, 0.29) is 5.41 Å². The standard InChI is InChI=1S/C55H41N/c1-55(2)51-35-34-46(37-50(51)53-49(42-20-10-5-11-21-42)36-44-22-12-13-24-48(44)54(53)55)56(45-32-30-41(31-33-45)39-18-8-4-9-19-39)52-25-15-14-23-47(52)43-28-26-40(27-29-43)38-16-6-3-7-17-38/h3-37H,1-2H3. The van der Waals surface area contributed by atoms with Gasteiger partial charge in [-0.05, 0) is 108 Å². The van der Waals surface area contributed by atoms with Gasteiger partial charge in [0.05, 0.1) is 5.69 Å².